The zero-order valence-corrected chi connectivity index (χ0v) is 28.2. The first-order chi connectivity index (χ1) is 21.8. The number of anilines is 1. The van der Waals surface area contributed by atoms with E-state index in [0.29, 0.717) is 19.0 Å². The van der Waals surface area contributed by atoms with Crippen molar-refractivity contribution < 1.29 is 23.1 Å². The quantitative estimate of drug-likeness (QED) is 0.260. The van der Waals surface area contributed by atoms with Gasteiger partial charge in [0, 0.05) is 37.3 Å². The third kappa shape index (κ3) is 9.62. The molecule has 10 nitrogen and oxygen atoms in total. The Morgan fingerprint density at radius 3 is 2.13 bits per heavy atom. The zero-order valence-electron chi connectivity index (χ0n) is 27.4. The van der Waals surface area contributed by atoms with Gasteiger partial charge in [0.15, 0.2) is 0 Å². The Morgan fingerprint density at radius 2 is 1.54 bits per heavy atom. The van der Waals surface area contributed by atoms with Crippen molar-refractivity contribution in [3.05, 3.63) is 101 Å². The standard InChI is InChI=1S/C35H47N5O5S/c1-25(27-15-10-7-11-16-27)36-34(42)28-20-29(22-31(21-28)40(4)46(5,44)45)35(43)37-32(19-26-13-8-6-9-14-26)33(41)24-39(3)30-17-12-18-38(2)23-30/h6-11,13-16,20-22,25,30,32-33,41H,12,17-19,23-24H2,1-5H3,(H,36,42)(H,37,43)/t25-,30?,32+,33-/m1/s1. The number of hydrogen-bond acceptors (Lipinski definition) is 7. The van der Waals surface area contributed by atoms with Gasteiger partial charge in [0.05, 0.1) is 30.1 Å². The van der Waals surface area contributed by atoms with Crippen molar-refractivity contribution in [2.45, 2.75) is 50.4 Å². The molecule has 248 valence electrons. The number of carbonyl (C=O) groups is 2. The Morgan fingerprint density at radius 1 is 0.957 bits per heavy atom. The number of hydrogen-bond donors (Lipinski definition) is 3. The van der Waals surface area contributed by atoms with Gasteiger partial charge in [-0.05, 0) is 76.2 Å². The highest BCUT2D eigenvalue weighted by Gasteiger charge is 2.28. The SMILES string of the molecule is C[C@@H](NC(=O)c1cc(C(=O)N[C@@H](Cc2ccccc2)[C@H](O)CN(C)C2CCCN(C)C2)cc(N(C)S(C)(=O)=O)c1)c1ccccc1. The van der Waals surface area contributed by atoms with Gasteiger partial charge in [0.25, 0.3) is 11.8 Å². The van der Waals surface area contributed by atoms with Crippen molar-refractivity contribution >= 4 is 27.5 Å². The van der Waals surface area contributed by atoms with Crippen molar-refractivity contribution in [3.8, 4) is 0 Å². The molecule has 11 heteroatoms. The van der Waals surface area contributed by atoms with Crippen LogP contribution >= 0.6 is 0 Å². The van der Waals surface area contributed by atoms with Crippen LogP contribution in [-0.2, 0) is 16.4 Å². The Labute approximate surface area is 273 Å². The van der Waals surface area contributed by atoms with Gasteiger partial charge < -0.3 is 20.6 Å². The van der Waals surface area contributed by atoms with Gasteiger partial charge in [-0.15, -0.1) is 0 Å². The predicted octanol–water partition coefficient (Wildman–Crippen LogP) is 3.30. The summed E-state index contributed by atoms with van der Waals surface area (Å²) in [7, 11) is 1.78. The maximum atomic E-state index is 13.9. The summed E-state index contributed by atoms with van der Waals surface area (Å²) in [6.45, 7) is 4.18. The molecule has 0 spiro atoms. The van der Waals surface area contributed by atoms with Crippen molar-refractivity contribution in [1.82, 2.24) is 20.4 Å². The molecular weight excluding hydrogens is 602 g/mol. The van der Waals surface area contributed by atoms with Crippen LogP contribution in [0.25, 0.3) is 0 Å². The molecule has 46 heavy (non-hydrogen) atoms. The van der Waals surface area contributed by atoms with Gasteiger partial charge in [-0.3, -0.25) is 18.8 Å². The van der Waals surface area contributed by atoms with E-state index in [9.17, 15) is 23.1 Å². The van der Waals surface area contributed by atoms with Crippen molar-refractivity contribution in [2.75, 3.05) is 51.3 Å². The van der Waals surface area contributed by atoms with E-state index in [2.05, 4.69) is 27.5 Å². The van der Waals surface area contributed by atoms with Crippen LogP contribution in [0.2, 0.25) is 0 Å². The third-order valence-electron chi connectivity index (χ3n) is 8.73. The highest BCUT2D eigenvalue weighted by Crippen LogP contribution is 2.23. The normalized spacial score (nSPS) is 17.6. The first-order valence-corrected chi connectivity index (χ1v) is 17.5. The summed E-state index contributed by atoms with van der Waals surface area (Å²) >= 11 is 0. The molecule has 0 radical (unpaired) electrons. The van der Waals surface area contributed by atoms with Crippen LogP contribution in [0.1, 0.15) is 57.7 Å². The number of sulfonamides is 1. The van der Waals surface area contributed by atoms with E-state index in [1.54, 1.807) is 0 Å². The molecule has 0 bridgehead atoms. The molecular formula is C35H47N5O5S. The lowest BCUT2D eigenvalue weighted by Crippen LogP contribution is -2.52. The fourth-order valence-electron chi connectivity index (χ4n) is 5.82. The van der Waals surface area contributed by atoms with Crippen LogP contribution in [0.4, 0.5) is 5.69 Å². The van der Waals surface area contributed by atoms with Crippen molar-refractivity contribution in [3.63, 3.8) is 0 Å². The number of aliphatic hydroxyl groups is 1. The number of nitrogens with zero attached hydrogens (tertiary/aromatic N) is 3. The van der Waals surface area contributed by atoms with Gasteiger partial charge in [-0.2, -0.15) is 0 Å². The smallest absolute Gasteiger partial charge is 0.251 e. The van der Waals surface area contributed by atoms with Crippen LogP contribution in [-0.4, -0.2) is 100 Å². The average Bonchev–Trinajstić information content (AvgIpc) is 3.04. The van der Waals surface area contributed by atoms with E-state index in [1.165, 1.54) is 25.2 Å². The minimum atomic E-state index is -3.69. The first-order valence-electron chi connectivity index (χ1n) is 15.7. The summed E-state index contributed by atoms with van der Waals surface area (Å²) in [5, 5.41) is 17.5. The molecule has 1 fully saturated rings. The van der Waals surface area contributed by atoms with Gasteiger partial charge in [0.1, 0.15) is 0 Å². The topological polar surface area (TPSA) is 122 Å². The van der Waals surface area contributed by atoms with Gasteiger partial charge in [-0.1, -0.05) is 60.7 Å². The van der Waals surface area contributed by atoms with E-state index in [0.717, 1.165) is 47.6 Å². The number of benzene rings is 3. The maximum Gasteiger partial charge on any atom is 0.251 e. The van der Waals surface area contributed by atoms with Gasteiger partial charge in [-0.25, -0.2) is 8.42 Å². The summed E-state index contributed by atoms with van der Waals surface area (Å²) < 4.78 is 26.0. The van der Waals surface area contributed by atoms with Crippen LogP contribution in [0.15, 0.2) is 78.9 Å². The van der Waals surface area contributed by atoms with Gasteiger partial charge in [0.2, 0.25) is 10.0 Å². The minimum absolute atomic E-state index is 0.109. The maximum absolute atomic E-state index is 13.9. The molecule has 1 aliphatic heterocycles. The van der Waals surface area contributed by atoms with E-state index in [1.807, 2.05) is 74.6 Å². The van der Waals surface area contributed by atoms with E-state index in [4.69, 9.17) is 0 Å². The molecule has 4 atom stereocenters. The Kier molecular flexibility index (Phi) is 12.0. The summed E-state index contributed by atoms with van der Waals surface area (Å²) in [6, 6.07) is 22.8. The lowest BCUT2D eigenvalue weighted by atomic mass is 9.98. The summed E-state index contributed by atoms with van der Waals surface area (Å²) in [5.41, 5.74) is 2.28. The average molecular weight is 650 g/mol. The largest absolute Gasteiger partial charge is 0.390 e. The summed E-state index contributed by atoms with van der Waals surface area (Å²) in [4.78, 5) is 31.8. The van der Waals surface area contributed by atoms with E-state index < -0.39 is 34.0 Å². The fraction of sp³-hybridized carbons (Fsp3) is 0.429. The number of amides is 2. The zero-order chi connectivity index (χ0) is 33.4. The number of carbonyl (C=O) groups excluding carboxylic acids is 2. The number of rotatable bonds is 13. The first kappa shape index (κ1) is 35.1. The fourth-order valence-corrected chi connectivity index (χ4v) is 6.31. The number of likely N-dealkylation sites (tertiary alicyclic amines) is 1. The van der Waals surface area contributed by atoms with Crippen LogP contribution in [0, 0.1) is 0 Å². The second-order valence-electron chi connectivity index (χ2n) is 12.4. The molecule has 3 aromatic carbocycles. The van der Waals surface area contributed by atoms with Crippen molar-refractivity contribution in [1.29, 1.82) is 0 Å². The van der Waals surface area contributed by atoms with E-state index >= 15 is 0 Å². The Balaban J connectivity index is 1.61. The van der Waals surface area contributed by atoms with Crippen LogP contribution < -0.4 is 14.9 Å². The van der Waals surface area contributed by atoms with Crippen molar-refractivity contribution in [2.24, 2.45) is 0 Å². The molecule has 2 amide bonds. The predicted molar refractivity (Wildman–Crippen MR) is 183 cm³/mol. The molecule has 1 aliphatic rings. The second kappa shape index (κ2) is 15.7. The molecule has 3 N–H and O–H groups in total. The third-order valence-corrected chi connectivity index (χ3v) is 9.93. The molecule has 1 unspecified atom stereocenters. The number of nitrogens with one attached hydrogen (secondary N) is 2. The highest BCUT2D eigenvalue weighted by atomic mass is 32.2. The monoisotopic (exact) mass is 649 g/mol. The molecule has 0 aromatic heterocycles. The molecule has 0 saturated carbocycles. The van der Waals surface area contributed by atoms with Crippen LogP contribution in [0.5, 0.6) is 0 Å². The summed E-state index contributed by atoms with van der Waals surface area (Å²) in [5.74, 6) is -0.969. The Hall–Kier alpha value is -3.77. The molecule has 1 saturated heterocycles. The van der Waals surface area contributed by atoms with Crippen LogP contribution in [0.3, 0.4) is 0 Å². The van der Waals surface area contributed by atoms with Gasteiger partial charge >= 0.3 is 0 Å². The number of piperidine rings is 1. The lowest BCUT2D eigenvalue weighted by Gasteiger charge is -2.38. The molecule has 3 aromatic rings. The second-order valence-corrected chi connectivity index (χ2v) is 14.5. The lowest BCUT2D eigenvalue weighted by molar-refractivity contribution is 0.0502. The Bertz CT molecular complexity index is 1570. The minimum Gasteiger partial charge on any atom is -0.390 e. The highest BCUT2D eigenvalue weighted by molar-refractivity contribution is 7.92. The summed E-state index contributed by atoms with van der Waals surface area (Å²) in [6.07, 6.45) is 2.68. The number of aliphatic hydroxyl groups excluding tert-OH is 1. The molecule has 1 heterocycles. The van der Waals surface area contributed by atoms with E-state index in [-0.39, 0.29) is 22.9 Å². The molecule has 4 rings (SSSR count). The molecule has 0 aliphatic carbocycles. The number of likely N-dealkylation sites (N-methyl/N-ethyl adjacent to an activating group) is 2.